The van der Waals surface area contributed by atoms with E-state index in [1.165, 1.54) is 57.8 Å². The van der Waals surface area contributed by atoms with E-state index in [0.717, 1.165) is 12.8 Å². The lowest BCUT2D eigenvalue weighted by atomic mass is 9.75. The second-order valence-corrected chi connectivity index (χ2v) is 8.63. The predicted octanol–water partition coefficient (Wildman–Crippen LogP) is 2.57. The van der Waals surface area contributed by atoms with Gasteiger partial charge in [0.05, 0.1) is 25.2 Å². The van der Waals surface area contributed by atoms with Crippen molar-refractivity contribution >= 4 is 19.7 Å². The molecule has 0 radical (unpaired) electrons. The first-order valence-electron chi connectivity index (χ1n) is 10.2. The highest BCUT2D eigenvalue weighted by atomic mass is 28.3. The summed E-state index contributed by atoms with van der Waals surface area (Å²) in [7, 11) is -2.42. The van der Waals surface area contributed by atoms with Gasteiger partial charge in [-0.15, -0.1) is 0 Å². The van der Waals surface area contributed by atoms with Crippen LogP contribution in [0.25, 0.3) is 0 Å². The molecule has 2 N–H and O–H groups in total. The molecule has 0 amide bonds. The van der Waals surface area contributed by atoms with Crippen LogP contribution < -0.4 is 0 Å². The minimum Gasteiger partial charge on any atom is -0.494 e. The van der Waals surface area contributed by atoms with E-state index in [9.17, 15) is 14.7 Å². The van der Waals surface area contributed by atoms with E-state index in [0.29, 0.717) is 10.5 Å². The average Bonchev–Trinajstić information content (AvgIpc) is 2.64. The van der Waals surface area contributed by atoms with Crippen molar-refractivity contribution in [2.24, 2.45) is 11.3 Å². The highest BCUT2D eigenvalue weighted by Gasteiger charge is 2.37. The van der Waals surface area contributed by atoms with Gasteiger partial charge in [-0.1, -0.05) is 78.1 Å². The number of aliphatic hydroxyl groups excluding tert-OH is 2. The van der Waals surface area contributed by atoms with Gasteiger partial charge in [0.25, 0.3) is 0 Å². The molecule has 0 spiro atoms. The normalized spacial score (nSPS) is 12.9. The summed E-state index contributed by atoms with van der Waals surface area (Å²) in [6, 6.07) is 0. The lowest BCUT2D eigenvalue weighted by Crippen LogP contribution is -2.42. The summed E-state index contributed by atoms with van der Waals surface area (Å²) in [4.78, 5) is 0. The summed E-state index contributed by atoms with van der Waals surface area (Å²) in [5, 5.41) is 19.5. The van der Waals surface area contributed by atoms with E-state index >= 15 is 0 Å². The van der Waals surface area contributed by atoms with Gasteiger partial charge in [-0.05, 0) is 12.3 Å². The highest BCUT2D eigenvalue weighted by molar-refractivity contribution is 6.26. The van der Waals surface area contributed by atoms with Crippen molar-refractivity contribution in [3.8, 4) is 0 Å². The molecule has 0 heterocycles. The van der Waals surface area contributed by atoms with Gasteiger partial charge in [0.2, 0.25) is 10.5 Å². The summed E-state index contributed by atoms with van der Waals surface area (Å²) in [5.41, 5.74) is -0.797. The zero-order valence-corrected chi connectivity index (χ0v) is 20.0. The molecule has 0 aromatic heterocycles. The van der Waals surface area contributed by atoms with Gasteiger partial charge in [-0.25, -0.2) is 0 Å². The zero-order chi connectivity index (χ0) is 19.7. The van der Waals surface area contributed by atoms with Crippen LogP contribution in [-0.2, 0) is 18.0 Å². The standard InChI is InChI=1S/C18H40O6Si2/c1-3-4-5-6-7-8-9-10-11-12-13-17(2)18(14-19,15-20)16-22-26(21)24-23-25/h17,19-20H,3-16H2,1-2,25H3. The van der Waals surface area contributed by atoms with Gasteiger partial charge in [0.15, 0.2) is 0 Å². The van der Waals surface area contributed by atoms with Gasteiger partial charge < -0.3 is 19.2 Å². The Balaban J connectivity index is 3.96. The Morgan fingerprint density at radius 1 is 0.962 bits per heavy atom. The van der Waals surface area contributed by atoms with E-state index < -0.39 is 14.6 Å². The van der Waals surface area contributed by atoms with Gasteiger partial charge >= 0.3 is 9.17 Å². The Morgan fingerprint density at radius 2 is 1.46 bits per heavy atom. The molecule has 156 valence electrons. The van der Waals surface area contributed by atoms with Crippen LogP contribution in [0.1, 0.15) is 84.5 Å². The number of aliphatic hydroxyl groups is 2. The summed E-state index contributed by atoms with van der Waals surface area (Å²) >= 11 is 0. The smallest absolute Gasteiger partial charge is 0.494 e. The molecular weight excluding hydrogens is 368 g/mol. The van der Waals surface area contributed by atoms with Gasteiger partial charge in [0.1, 0.15) is 0 Å². The maximum absolute atomic E-state index is 11.5. The Morgan fingerprint density at radius 3 is 1.92 bits per heavy atom. The summed E-state index contributed by atoms with van der Waals surface area (Å²) < 4.78 is 25.6. The molecule has 0 aromatic carbocycles. The van der Waals surface area contributed by atoms with Crippen molar-refractivity contribution in [3.63, 3.8) is 0 Å². The SMILES string of the molecule is CCCCCCCCCCCCC(C)C(CO)(CO)CO[Si](=O)OO[SiH3]. The third-order valence-electron chi connectivity index (χ3n) is 5.29. The molecule has 0 aromatic rings. The first-order valence-corrected chi connectivity index (χ1v) is 12.2. The lowest BCUT2D eigenvalue weighted by molar-refractivity contribution is -0.133. The largest absolute Gasteiger partial charge is 0.800 e. The first kappa shape index (κ1) is 25.7. The van der Waals surface area contributed by atoms with E-state index in [-0.39, 0.29) is 25.7 Å². The molecule has 1 unspecified atom stereocenters. The van der Waals surface area contributed by atoms with Crippen LogP contribution in [0, 0.1) is 11.3 Å². The maximum Gasteiger partial charge on any atom is 0.800 e. The molecular formula is C18H40O6Si2. The van der Waals surface area contributed by atoms with Gasteiger partial charge in [-0.3, -0.25) is 9.04 Å². The highest BCUT2D eigenvalue weighted by Crippen LogP contribution is 2.31. The monoisotopic (exact) mass is 408 g/mol. The van der Waals surface area contributed by atoms with E-state index in [2.05, 4.69) is 16.1 Å². The number of hydrogen-bond donors (Lipinski definition) is 2. The summed E-state index contributed by atoms with van der Waals surface area (Å²) in [5.74, 6) is 0.0678. The molecule has 0 aliphatic heterocycles. The van der Waals surface area contributed by atoms with Crippen LogP contribution in [0.3, 0.4) is 0 Å². The molecule has 8 heteroatoms. The van der Waals surface area contributed by atoms with Crippen LogP contribution >= 0.6 is 0 Å². The van der Waals surface area contributed by atoms with Crippen LogP contribution in [0.15, 0.2) is 0 Å². The number of rotatable bonds is 19. The van der Waals surface area contributed by atoms with Crippen molar-refractivity contribution in [2.75, 3.05) is 19.8 Å². The summed E-state index contributed by atoms with van der Waals surface area (Å²) in [6.45, 7) is 3.83. The molecule has 6 nitrogen and oxygen atoms in total. The third kappa shape index (κ3) is 11.4. The van der Waals surface area contributed by atoms with Crippen molar-refractivity contribution in [1.82, 2.24) is 0 Å². The molecule has 0 saturated carbocycles. The molecule has 0 saturated heterocycles. The van der Waals surface area contributed by atoms with Crippen LogP contribution in [-0.4, -0.2) is 49.7 Å². The first-order chi connectivity index (χ1) is 12.6. The fourth-order valence-electron chi connectivity index (χ4n) is 3.13. The second-order valence-electron chi connectivity index (χ2n) is 7.34. The minimum atomic E-state index is -2.73. The van der Waals surface area contributed by atoms with Crippen molar-refractivity contribution in [2.45, 2.75) is 84.5 Å². The fraction of sp³-hybridized carbons (Fsp3) is 1.00. The van der Waals surface area contributed by atoms with Crippen LogP contribution in [0.2, 0.25) is 0 Å². The molecule has 0 fully saturated rings. The predicted molar refractivity (Wildman–Crippen MR) is 107 cm³/mol. The molecule has 0 bridgehead atoms. The fourth-order valence-corrected chi connectivity index (χ4v) is 4.13. The number of unbranched alkanes of at least 4 members (excludes halogenated alkanes) is 9. The van der Waals surface area contributed by atoms with E-state index in [4.69, 9.17) is 4.43 Å². The van der Waals surface area contributed by atoms with Crippen molar-refractivity contribution < 1.29 is 28.3 Å². The second kappa shape index (κ2) is 16.9. The van der Waals surface area contributed by atoms with E-state index in [1.54, 1.807) is 0 Å². The van der Waals surface area contributed by atoms with Crippen LogP contribution in [0.4, 0.5) is 0 Å². The molecule has 0 rings (SSSR count). The van der Waals surface area contributed by atoms with E-state index in [1.807, 2.05) is 6.92 Å². The summed E-state index contributed by atoms with van der Waals surface area (Å²) in [6.07, 6.45) is 13.7. The zero-order valence-electron chi connectivity index (χ0n) is 17.0. The third-order valence-corrected chi connectivity index (χ3v) is 6.48. The van der Waals surface area contributed by atoms with Crippen molar-refractivity contribution in [1.29, 1.82) is 0 Å². The molecule has 0 aliphatic carbocycles. The minimum absolute atomic E-state index is 0.00163. The Hall–Kier alpha value is -0.286. The van der Waals surface area contributed by atoms with Gasteiger partial charge in [-0.2, -0.15) is 0 Å². The lowest BCUT2D eigenvalue weighted by Gasteiger charge is -2.35. The number of hydrogen-bond acceptors (Lipinski definition) is 6. The van der Waals surface area contributed by atoms with Crippen LogP contribution in [0.5, 0.6) is 0 Å². The average molecular weight is 409 g/mol. The molecule has 0 aliphatic rings. The topological polar surface area (TPSA) is 85.2 Å². The maximum atomic E-state index is 11.5. The quantitative estimate of drug-likeness (QED) is 0.148. The Labute approximate surface area is 164 Å². The Kier molecular flexibility index (Phi) is 16.7. The molecule has 1 atom stereocenters. The molecule has 26 heavy (non-hydrogen) atoms. The van der Waals surface area contributed by atoms with Gasteiger partial charge in [0, 0.05) is 0 Å². The Bertz CT molecular complexity index is 340. The van der Waals surface area contributed by atoms with Crippen molar-refractivity contribution in [3.05, 3.63) is 0 Å².